The summed E-state index contributed by atoms with van der Waals surface area (Å²) in [5.74, 6) is -2.45. The number of hydrogen-bond donors (Lipinski definition) is 2. The van der Waals surface area contributed by atoms with E-state index >= 15 is 0 Å². The molecule has 0 aliphatic heterocycles. The van der Waals surface area contributed by atoms with Gasteiger partial charge in [0.15, 0.2) is 5.78 Å². The molecule has 0 fully saturated rings. The van der Waals surface area contributed by atoms with Crippen molar-refractivity contribution >= 4 is 27.1 Å². The van der Waals surface area contributed by atoms with Crippen LogP contribution in [-0.4, -0.2) is 44.7 Å². The summed E-state index contributed by atoms with van der Waals surface area (Å²) in [6, 6.07) is 0. The molecule has 0 aromatic rings. The van der Waals surface area contributed by atoms with Crippen molar-refractivity contribution in [1.82, 2.24) is 4.67 Å². The number of aliphatic hydroxyl groups excluding tert-OH is 1. The topological polar surface area (TPSA) is 94.9 Å². The fraction of sp³-hybridized carbons (Fsp3) is 0.930. The molecule has 50 heavy (non-hydrogen) atoms. The first-order chi connectivity index (χ1) is 24.4. The monoisotopic (exact) mass is 726 g/mol. The van der Waals surface area contributed by atoms with Crippen LogP contribution in [0.4, 0.5) is 0 Å². The molecule has 2 N–H and O–H groups in total. The summed E-state index contributed by atoms with van der Waals surface area (Å²) < 4.78 is 0.928. The quantitative estimate of drug-likeness (QED) is 0.0372. The van der Waals surface area contributed by atoms with Crippen molar-refractivity contribution in [3.63, 3.8) is 0 Å². The zero-order valence-corrected chi connectivity index (χ0v) is 34.5. The number of hydrogen-bond acceptors (Lipinski definition) is 4. The lowest BCUT2D eigenvalue weighted by molar-refractivity contribution is -0.161. The van der Waals surface area contributed by atoms with Crippen LogP contribution in [0.1, 0.15) is 245 Å². The Kier molecular flexibility index (Phi) is 35.6. The summed E-state index contributed by atoms with van der Waals surface area (Å²) >= 11 is 0. The van der Waals surface area contributed by atoms with Crippen molar-refractivity contribution < 1.29 is 24.6 Å². The van der Waals surface area contributed by atoms with E-state index in [0.717, 1.165) is 43.2 Å². The van der Waals surface area contributed by atoms with Crippen molar-refractivity contribution in [2.45, 2.75) is 251 Å². The van der Waals surface area contributed by atoms with Gasteiger partial charge in [0.25, 0.3) is 0 Å². The van der Waals surface area contributed by atoms with Crippen molar-refractivity contribution in [2.24, 2.45) is 0 Å². The number of carbonyl (C=O) groups is 3. The van der Waals surface area contributed by atoms with E-state index in [-0.39, 0.29) is 12.8 Å². The lowest BCUT2D eigenvalue weighted by atomic mass is 9.90. The molecule has 0 spiro atoms. The van der Waals surface area contributed by atoms with E-state index in [2.05, 4.69) is 23.2 Å². The molecule has 2 atom stereocenters. The standard InChI is InChI=1S/C43H84NO5P/c1-3-5-7-9-11-13-15-17-19-21-23-25-27-29-31-33-35-37-40(46)43(39-45,42(48)49)44(50)41(47)38-36-34-32-30-28-26-24-22-20-18-16-14-12-10-8-6-4-2/h45H,3-39,50H2,1-2H3,(H,48,49)/t43-/m0/s1. The Morgan fingerprint density at radius 2 is 0.680 bits per heavy atom. The van der Waals surface area contributed by atoms with E-state index in [0.29, 0.717) is 12.8 Å². The van der Waals surface area contributed by atoms with E-state index < -0.39 is 29.8 Å². The number of carboxylic acid groups (broad SMARTS) is 1. The van der Waals surface area contributed by atoms with Crippen LogP contribution < -0.4 is 0 Å². The number of Topliss-reactive ketones (excluding diaryl/α,β-unsaturated/α-hetero) is 1. The van der Waals surface area contributed by atoms with Gasteiger partial charge in [0.05, 0.1) is 6.61 Å². The molecular formula is C43H84NO5P. The molecule has 0 aromatic carbocycles. The number of amides is 1. The first-order valence-electron chi connectivity index (χ1n) is 21.8. The lowest BCUT2D eigenvalue weighted by Gasteiger charge is -2.35. The maximum Gasteiger partial charge on any atom is 0.340 e. The Bertz CT molecular complexity index is 793. The number of carboxylic acids is 1. The van der Waals surface area contributed by atoms with Gasteiger partial charge in [-0.1, -0.05) is 219 Å². The van der Waals surface area contributed by atoms with Gasteiger partial charge in [-0.2, -0.15) is 0 Å². The Morgan fingerprint density at radius 1 is 0.440 bits per heavy atom. The van der Waals surface area contributed by atoms with Crippen molar-refractivity contribution in [1.29, 1.82) is 0 Å². The first-order valence-corrected chi connectivity index (χ1v) is 22.3. The van der Waals surface area contributed by atoms with Gasteiger partial charge in [-0.05, 0) is 22.2 Å². The average molecular weight is 726 g/mol. The fourth-order valence-corrected chi connectivity index (χ4v) is 7.61. The predicted molar refractivity (Wildman–Crippen MR) is 217 cm³/mol. The minimum Gasteiger partial charge on any atom is -0.479 e. The van der Waals surface area contributed by atoms with Crippen LogP contribution in [0.2, 0.25) is 0 Å². The maximum atomic E-state index is 13.1. The smallest absolute Gasteiger partial charge is 0.340 e. The second-order valence-corrected chi connectivity index (χ2v) is 15.8. The number of aliphatic hydroxyl groups is 1. The number of unbranched alkanes of at least 4 members (excludes halogenated alkanes) is 32. The Labute approximate surface area is 312 Å². The van der Waals surface area contributed by atoms with Gasteiger partial charge < -0.3 is 14.9 Å². The molecule has 0 aliphatic rings. The number of carbonyl (C=O) groups excluding carboxylic acids is 2. The number of aliphatic carboxylic acids is 1. The fourth-order valence-electron chi connectivity index (χ4n) is 7.14. The van der Waals surface area contributed by atoms with Crippen LogP contribution in [0.15, 0.2) is 0 Å². The zero-order valence-electron chi connectivity index (χ0n) is 33.3. The van der Waals surface area contributed by atoms with Gasteiger partial charge >= 0.3 is 5.97 Å². The highest BCUT2D eigenvalue weighted by Gasteiger charge is 2.50. The van der Waals surface area contributed by atoms with E-state index in [4.69, 9.17) is 0 Å². The molecule has 0 bridgehead atoms. The molecule has 1 amide bonds. The Hall–Kier alpha value is -1.00. The van der Waals surface area contributed by atoms with E-state index in [9.17, 15) is 24.6 Å². The zero-order chi connectivity index (χ0) is 37.0. The summed E-state index contributed by atoms with van der Waals surface area (Å²) in [6.45, 7) is 3.62. The third kappa shape index (κ3) is 25.9. The summed E-state index contributed by atoms with van der Waals surface area (Å²) in [5, 5.41) is 20.1. The Morgan fingerprint density at radius 3 is 0.920 bits per heavy atom. The molecule has 296 valence electrons. The highest BCUT2D eigenvalue weighted by molar-refractivity contribution is 7.15. The van der Waals surface area contributed by atoms with Crippen molar-refractivity contribution in [2.75, 3.05) is 6.61 Å². The van der Waals surface area contributed by atoms with Gasteiger partial charge in [0, 0.05) is 12.8 Å². The third-order valence-electron chi connectivity index (χ3n) is 10.7. The summed E-state index contributed by atoms with van der Waals surface area (Å²) in [6.07, 6.45) is 42.7. The van der Waals surface area contributed by atoms with E-state index in [1.165, 1.54) is 167 Å². The lowest BCUT2D eigenvalue weighted by Crippen LogP contribution is -2.60. The molecule has 0 aliphatic carbocycles. The normalized spacial score (nSPS) is 12.6. The number of ketones is 1. The summed E-state index contributed by atoms with van der Waals surface area (Å²) in [5.41, 5.74) is -2.22. The molecule has 1 unspecified atom stereocenters. The molecular weight excluding hydrogens is 641 g/mol. The molecule has 6 nitrogen and oxygen atoms in total. The van der Waals surface area contributed by atoms with Crippen LogP contribution >= 0.6 is 9.39 Å². The SMILES string of the molecule is CCCCCCCCCCCCCCCCCCCC(=O)N(P)[C@](CO)(C(=O)O)C(=O)CCCCCCCCCCCCCCCCCCC. The van der Waals surface area contributed by atoms with Crippen LogP contribution in [0, 0.1) is 0 Å². The molecule has 0 rings (SSSR count). The van der Waals surface area contributed by atoms with Crippen LogP contribution in [0.25, 0.3) is 0 Å². The highest BCUT2D eigenvalue weighted by atomic mass is 31.0. The molecule has 7 heteroatoms. The average Bonchev–Trinajstić information content (AvgIpc) is 3.11. The molecule has 0 saturated carbocycles. The van der Waals surface area contributed by atoms with Crippen molar-refractivity contribution in [3.05, 3.63) is 0 Å². The molecule has 0 radical (unpaired) electrons. The van der Waals surface area contributed by atoms with Crippen molar-refractivity contribution in [3.8, 4) is 0 Å². The third-order valence-corrected chi connectivity index (χ3v) is 11.5. The van der Waals surface area contributed by atoms with Gasteiger partial charge in [-0.15, -0.1) is 0 Å². The Balaban J connectivity index is 3.98. The second-order valence-electron chi connectivity index (χ2n) is 15.3. The minimum absolute atomic E-state index is 0.0583. The summed E-state index contributed by atoms with van der Waals surface area (Å²) in [4.78, 5) is 38.3. The van der Waals surface area contributed by atoms with Gasteiger partial charge in [0.2, 0.25) is 11.4 Å². The number of nitrogens with zero attached hydrogens (tertiary/aromatic N) is 1. The largest absolute Gasteiger partial charge is 0.479 e. The maximum absolute atomic E-state index is 13.1. The van der Waals surface area contributed by atoms with Gasteiger partial charge in [0.1, 0.15) is 0 Å². The van der Waals surface area contributed by atoms with Gasteiger partial charge in [-0.25, -0.2) is 4.79 Å². The minimum atomic E-state index is -2.22. The van der Waals surface area contributed by atoms with Crippen LogP contribution in [0.3, 0.4) is 0 Å². The van der Waals surface area contributed by atoms with E-state index in [1.807, 2.05) is 0 Å². The number of rotatable bonds is 40. The predicted octanol–water partition coefficient (Wildman–Crippen LogP) is 13.1. The highest BCUT2D eigenvalue weighted by Crippen LogP contribution is 2.27. The van der Waals surface area contributed by atoms with Crippen LogP contribution in [-0.2, 0) is 14.4 Å². The molecule has 0 saturated heterocycles. The van der Waals surface area contributed by atoms with E-state index in [1.54, 1.807) is 0 Å². The molecule has 0 heterocycles. The first kappa shape index (κ1) is 49.0. The van der Waals surface area contributed by atoms with Crippen LogP contribution in [0.5, 0.6) is 0 Å². The molecule has 0 aromatic heterocycles. The van der Waals surface area contributed by atoms with Gasteiger partial charge in [-0.3, -0.25) is 9.59 Å². The second kappa shape index (κ2) is 36.4. The summed E-state index contributed by atoms with van der Waals surface area (Å²) in [7, 11) is 2.13.